The molecular formula is C10H9NS. The lowest BCUT2D eigenvalue weighted by Gasteiger charge is -2.30. The van der Waals surface area contributed by atoms with Crippen LogP contribution in [-0.4, -0.2) is 5.75 Å². The Bertz CT molecular complexity index is 301. The zero-order valence-corrected chi connectivity index (χ0v) is 7.42. The Hall–Kier alpha value is -0.940. The Morgan fingerprint density at radius 1 is 1.33 bits per heavy atom. The van der Waals surface area contributed by atoms with E-state index in [1.165, 1.54) is 5.56 Å². The maximum atomic E-state index is 8.75. The number of nitriles is 1. The van der Waals surface area contributed by atoms with Crippen LogP contribution in [0.3, 0.4) is 0 Å². The molecular weight excluding hydrogens is 166 g/mol. The molecule has 0 unspecified atom stereocenters. The van der Waals surface area contributed by atoms with Gasteiger partial charge in [-0.3, -0.25) is 0 Å². The molecule has 12 heavy (non-hydrogen) atoms. The van der Waals surface area contributed by atoms with Gasteiger partial charge in [-0.2, -0.15) is 17.0 Å². The highest BCUT2D eigenvalue weighted by molar-refractivity contribution is 8.00. The van der Waals surface area contributed by atoms with E-state index in [0.29, 0.717) is 5.25 Å². The van der Waals surface area contributed by atoms with E-state index in [4.69, 9.17) is 5.26 Å². The summed E-state index contributed by atoms with van der Waals surface area (Å²) in [4.78, 5) is 0. The molecule has 1 saturated heterocycles. The van der Waals surface area contributed by atoms with Gasteiger partial charge in [-0.15, -0.1) is 0 Å². The highest BCUT2D eigenvalue weighted by atomic mass is 32.2. The van der Waals surface area contributed by atoms with Crippen LogP contribution < -0.4 is 0 Å². The first-order chi connectivity index (χ1) is 5.92. The van der Waals surface area contributed by atoms with Crippen LogP contribution in [0.1, 0.15) is 10.8 Å². The summed E-state index contributed by atoms with van der Waals surface area (Å²) in [5.74, 6) is 1.23. The van der Waals surface area contributed by atoms with Crippen LogP contribution in [-0.2, 0) is 0 Å². The van der Waals surface area contributed by atoms with Gasteiger partial charge in [0.15, 0.2) is 0 Å². The van der Waals surface area contributed by atoms with E-state index in [2.05, 4.69) is 18.2 Å². The number of hydrogen-bond donors (Lipinski definition) is 0. The molecule has 0 aliphatic carbocycles. The number of nitrogens with zero attached hydrogens (tertiary/aromatic N) is 1. The van der Waals surface area contributed by atoms with Crippen LogP contribution in [0.15, 0.2) is 30.3 Å². The Morgan fingerprint density at radius 2 is 2.08 bits per heavy atom. The minimum Gasteiger partial charge on any atom is -0.198 e. The van der Waals surface area contributed by atoms with E-state index in [0.717, 1.165) is 5.75 Å². The zero-order valence-electron chi connectivity index (χ0n) is 6.60. The molecule has 2 heteroatoms. The molecule has 0 amide bonds. The largest absolute Gasteiger partial charge is 0.198 e. The highest BCUT2D eigenvalue weighted by Gasteiger charge is 2.32. The molecule has 0 spiro atoms. The second-order valence-corrected chi connectivity index (χ2v) is 4.07. The van der Waals surface area contributed by atoms with Gasteiger partial charge in [0.2, 0.25) is 0 Å². The maximum Gasteiger partial charge on any atom is 0.0713 e. The second kappa shape index (κ2) is 3.20. The van der Waals surface area contributed by atoms with Gasteiger partial charge in [0.1, 0.15) is 0 Å². The number of thioether (sulfide) groups is 1. The fourth-order valence-corrected chi connectivity index (χ4v) is 2.43. The van der Waals surface area contributed by atoms with Crippen molar-refractivity contribution in [3.8, 4) is 6.07 Å². The SMILES string of the molecule is N#C[C@@H]1CS[C@H]1c1ccccc1. The highest BCUT2D eigenvalue weighted by Crippen LogP contribution is 2.46. The summed E-state index contributed by atoms with van der Waals surface area (Å²) in [6.07, 6.45) is 0. The lowest BCUT2D eigenvalue weighted by molar-refractivity contribution is 0.682. The maximum absolute atomic E-state index is 8.75. The van der Waals surface area contributed by atoms with Gasteiger partial charge in [0.05, 0.1) is 12.0 Å². The van der Waals surface area contributed by atoms with E-state index in [9.17, 15) is 0 Å². The molecule has 1 fully saturated rings. The van der Waals surface area contributed by atoms with Gasteiger partial charge in [-0.25, -0.2) is 0 Å². The molecule has 2 rings (SSSR count). The predicted molar refractivity (Wildman–Crippen MR) is 50.7 cm³/mol. The molecule has 0 aromatic heterocycles. The Morgan fingerprint density at radius 3 is 2.58 bits per heavy atom. The third kappa shape index (κ3) is 1.21. The summed E-state index contributed by atoms with van der Waals surface area (Å²) in [6, 6.07) is 12.6. The van der Waals surface area contributed by atoms with Crippen molar-refractivity contribution in [3.05, 3.63) is 35.9 Å². The topological polar surface area (TPSA) is 23.8 Å². The fourth-order valence-electron chi connectivity index (χ4n) is 1.36. The van der Waals surface area contributed by atoms with Crippen LogP contribution in [0.25, 0.3) is 0 Å². The normalized spacial score (nSPS) is 27.2. The number of rotatable bonds is 1. The standard InChI is InChI=1S/C10H9NS/c11-6-9-7-12-10(9)8-4-2-1-3-5-8/h1-5,9-10H,7H2/t9-,10+/m1/s1. The minimum atomic E-state index is 0.234. The van der Waals surface area contributed by atoms with Crippen LogP contribution >= 0.6 is 11.8 Å². The van der Waals surface area contributed by atoms with E-state index in [-0.39, 0.29) is 5.92 Å². The Labute approximate surface area is 76.4 Å². The number of hydrogen-bond acceptors (Lipinski definition) is 2. The number of benzene rings is 1. The van der Waals surface area contributed by atoms with Gasteiger partial charge < -0.3 is 0 Å². The first-order valence-electron chi connectivity index (χ1n) is 3.98. The van der Waals surface area contributed by atoms with Gasteiger partial charge in [-0.1, -0.05) is 30.3 Å². The molecule has 0 N–H and O–H groups in total. The molecule has 1 aromatic rings. The molecule has 1 heterocycles. The molecule has 1 aromatic carbocycles. The van der Waals surface area contributed by atoms with Gasteiger partial charge in [-0.05, 0) is 5.56 Å². The molecule has 2 atom stereocenters. The van der Waals surface area contributed by atoms with Crippen molar-refractivity contribution in [2.24, 2.45) is 5.92 Å². The van der Waals surface area contributed by atoms with Crippen LogP contribution in [0.4, 0.5) is 0 Å². The van der Waals surface area contributed by atoms with Crippen molar-refractivity contribution < 1.29 is 0 Å². The first kappa shape index (κ1) is 7.70. The second-order valence-electron chi connectivity index (χ2n) is 2.90. The lowest BCUT2D eigenvalue weighted by atomic mass is 10.0. The third-order valence-electron chi connectivity index (χ3n) is 2.11. The molecule has 1 nitrogen and oxygen atoms in total. The third-order valence-corrected chi connectivity index (χ3v) is 3.63. The zero-order chi connectivity index (χ0) is 8.39. The monoisotopic (exact) mass is 175 g/mol. The molecule has 1 aliphatic rings. The fraction of sp³-hybridized carbons (Fsp3) is 0.300. The van der Waals surface area contributed by atoms with E-state index in [1.807, 2.05) is 30.0 Å². The van der Waals surface area contributed by atoms with Crippen molar-refractivity contribution in [1.29, 1.82) is 5.26 Å². The molecule has 0 bridgehead atoms. The lowest BCUT2D eigenvalue weighted by Crippen LogP contribution is -2.21. The van der Waals surface area contributed by atoms with Crippen LogP contribution in [0.2, 0.25) is 0 Å². The molecule has 1 aliphatic heterocycles. The average Bonchev–Trinajstić information content (AvgIpc) is 2.05. The van der Waals surface area contributed by atoms with Gasteiger partial charge in [0.25, 0.3) is 0 Å². The summed E-state index contributed by atoms with van der Waals surface area (Å²) in [6.45, 7) is 0. The molecule has 0 saturated carbocycles. The summed E-state index contributed by atoms with van der Waals surface area (Å²) in [7, 11) is 0. The van der Waals surface area contributed by atoms with Crippen LogP contribution in [0.5, 0.6) is 0 Å². The van der Waals surface area contributed by atoms with Crippen molar-refractivity contribution in [3.63, 3.8) is 0 Å². The van der Waals surface area contributed by atoms with Gasteiger partial charge >= 0.3 is 0 Å². The minimum absolute atomic E-state index is 0.234. The first-order valence-corrected chi connectivity index (χ1v) is 5.03. The van der Waals surface area contributed by atoms with Crippen molar-refractivity contribution in [2.45, 2.75) is 5.25 Å². The smallest absolute Gasteiger partial charge is 0.0713 e. The quantitative estimate of drug-likeness (QED) is 0.655. The van der Waals surface area contributed by atoms with E-state index >= 15 is 0 Å². The van der Waals surface area contributed by atoms with Crippen LogP contribution in [0, 0.1) is 17.2 Å². The van der Waals surface area contributed by atoms with E-state index < -0.39 is 0 Å². The summed E-state index contributed by atoms with van der Waals surface area (Å²) < 4.78 is 0. The molecule has 60 valence electrons. The van der Waals surface area contributed by atoms with E-state index in [1.54, 1.807) is 0 Å². The predicted octanol–water partition coefficient (Wildman–Crippen LogP) is 2.61. The van der Waals surface area contributed by atoms with Crippen molar-refractivity contribution in [1.82, 2.24) is 0 Å². The summed E-state index contributed by atoms with van der Waals surface area (Å²) in [5.41, 5.74) is 1.29. The van der Waals surface area contributed by atoms with Crippen molar-refractivity contribution >= 4 is 11.8 Å². The Balaban J connectivity index is 2.17. The summed E-state index contributed by atoms with van der Waals surface area (Å²) >= 11 is 1.87. The molecule has 0 radical (unpaired) electrons. The Kier molecular flexibility index (Phi) is 2.05. The van der Waals surface area contributed by atoms with Gasteiger partial charge in [0, 0.05) is 11.0 Å². The average molecular weight is 175 g/mol. The van der Waals surface area contributed by atoms with Crippen molar-refractivity contribution in [2.75, 3.05) is 5.75 Å². The summed E-state index contributed by atoms with van der Waals surface area (Å²) in [5, 5.41) is 9.18.